The van der Waals surface area contributed by atoms with E-state index in [0.717, 1.165) is 22.7 Å². The number of anilines is 3. The molecule has 1 N–H and O–H groups in total. The van der Waals surface area contributed by atoms with Gasteiger partial charge in [0.2, 0.25) is 21.8 Å². The number of hydrogen-bond donors (Lipinski definition) is 1. The third-order valence-corrected chi connectivity index (χ3v) is 5.86. The van der Waals surface area contributed by atoms with Crippen LogP contribution in [0, 0.1) is 0 Å². The number of rotatable bonds is 8. The lowest BCUT2D eigenvalue weighted by molar-refractivity contribution is -0.117. The SMILES string of the molecule is CC(C)Oc1ccc(N(CC(=O)Nc2ccc(N3CCCC3=O)cc2)S(C)(=O)=O)cc1. The van der Waals surface area contributed by atoms with Gasteiger partial charge in [-0.25, -0.2) is 8.42 Å². The van der Waals surface area contributed by atoms with Crippen LogP contribution in [0.5, 0.6) is 5.75 Å². The Balaban J connectivity index is 1.68. The smallest absolute Gasteiger partial charge is 0.245 e. The summed E-state index contributed by atoms with van der Waals surface area (Å²) >= 11 is 0. The van der Waals surface area contributed by atoms with Gasteiger partial charge in [-0.2, -0.15) is 0 Å². The Kier molecular flexibility index (Phi) is 6.84. The van der Waals surface area contributed by atoms with Crippen molar-refractivity contribution in [3.63, 3.8) is 0 Å². The van der Waals surface area contributed by atoms with Crippen LogP contribution < -0.4 is 19.3 Å². The van der Waals surface area contributed by atoms with Crippen molar-refractivity contribution in [2.45, 2.75) is 32.8 Å². The van der Waals surface area contributed by atoms with Crippen molar-refractivity contribution in [3.05, 3.63) is 48.5 Å². The number of amides is 2. The highest BCUT2D eigenvalue weighted by Crippen LogP contribution is 2.24. The van der Waals surface area contributed by atoms with E-state index in [-0.39, 0.29) is 18.6 Å². The highest BCUT2D eigenvalue weighted by atomic mass is 32.2. The number of nitrogens with zero attached hydrogens (tertiary/aromatic N) is 2. The number of ether oxygens (including phenoxy) is 1. The average molecular weight is 446 g/mol. The number of benzene rings is 2. The van der Waals surface area contributed by atoms with Gasteiger partial charge in [0.25, 0.3) is 0 Å². The van der Waals surface area contributed by atoms with E-state index >= 15 is 0 Å². The Morgan fingerprint density at radius 2 is 1.77 bits per heavy atom. The van der Waals surface area contributed by atoms with E-state index in [1.54, 1.807) is 53.4 Å². The topological polar surface area (TPSA) is 96.0 Å². The summed E-state index contributed by atoms with van der Waals surface area (Å²) in [6, 6.07) is 13.5. The van der Waals surface area contributed by atoms with Crippen molar-refractivity contribution in [1.82, 2.24) is 0 Å². The second-order valence-corrected chi connectivity index (χ2v) is 9.58. The Bertz CT molecular complexity index is 1030. The summed E-state index contributed by atoms with van der Waals surface area (Å²) in [6.07, 6.45) is 2.44. The van der Waals surface area contributed by atoms with Crippen molar-refractivity contribution in [3.8, 4) is 5.75 Å². The summed E-state index contributed by atoms with van der Waals surface area (Å²) in [6.45, 7) is 4.12. The monoisotopic (exact) mass is 445 g/mol. The van der Waals surface area contributed by atoms with E-state index in [1.165, 1.54) is 0 Å². The van der Waals surface area contributed by atoms with E-state index in [1.807, 2.05) is 13.8 Å². The standard InChI is InChI=1S/C22H27N3O5S/c1-16(2)30-20-12-10-19(11-13-20)25(31(3,28)29)15-21(26)23-17-6-8-18(9-7-17)24-14-4-5-22(24)27/h6-13,16H,4-5,14-15H2,1-3H3,(H,23,26). The molecule has 0 atom stereocenters. The number of carbonyl (C=O) groups is 2. The third kappa shape index (κ3) is 5.97. The van der Waals surface area contributed by atoms with Gasteiger partial charge < -0.3 is 15.0 Å². The largest absolute Gasteiger partial charge is 0.491 e. The van der Waals surface area contributed by atoms with Crippen molar-refractivity contribution < 1.29 is 22.7 Å². The summed E-state index contributed by atoms with van der Waals surface area (Å²) in [5, 5.41) is 2.71. The van der Waals surface area contributed by atoms with Gasteiger partial charge in [-0.05, 0) is 68.8 Å². The molecular formula is C22H27N3O5S. The van der Waals surface area contributed by atoms with Gasteiger partial charge in [-0.3, -0.25) is 13.9 Å². The molecule has 0 unspecified atom stereocenters. The summed E-state index contributed by atoms with van der Waals surface area (Å²) < 4.78 is 31.2. The molecule has 2 aromatic rings. The Hall–Kier alpha value is -3.07. The van der Waals surface area contributed by atoms with Crippen LogP contribution in [-0.2, 0) is 19.6 Å². The summed E-state index contributed by atoms with van der Waals surface area (Å²) in [4.78, 5) is 26.1. The van der Waals surface area contributed by atoms with E-state index in [2.05, 4.69) is 5.32 Å². The van der Waals surface area contributed by atoms with Crippen molar-refractivity contribution >= 4 is 38.9 Å². The summed E-state index contributed by atoms with van der Waals surface area (Å²) in [7, 11) is -3.68. The van der Waals surface area contributed by atoms with Crippen LogP contribution in [0.15, 0.2) is 48.5 Å². The molecule has 1 aliphatic heterocycles. The van der Waals surface area contributed by atoms with E-state index in [9.17, 15) is 18.0 Å². The van der Waals surface area contributed by atoms with Crippen LogP contribution >= 0.6 is 0 Å². The molecule has 2 amide bonds. The molecule has 1 heterocycles. The van der Waals surface area contributed by atoms with Crippen LogP contribution in [0.3, 0.4) is 0 Å². The molecule has 0 radical (unpaired) electrons. The van der Waals surface area contributed by atoms with Gasteiger partial charge in [0, 0.05) is 24.3 Å². The fourth-order valence-electron chi connectivity index (χ4n) is 3.34. The third-order valence-electron chi connectivity index (χ3n) is 4.72. The Morgan fingerprint density at radius 3 is 2.29 bits per heavy atom. The molecule has 1 aliphatic rings. The maximum absolute atomic E-state index is 12.5. The van der Waals surface area contributed by atoms with Crippen LogP contribution in [0.4, 0.5) is 17.1 Å². The first-order valence-electron chi connectivity index (χ1n) is 10.1. The first-order valence-corrected chi connectivity index (χ1v) is 11.9. The summed E-state index contributed by atoms with van der Waals surface area (Å²) in [5.41, 5.74) is 1.67. The fourth-order valence-corrected chi connectivity index (χ4v) is 4.20. The quantitative estimate of drug-likeness (QED) is 0.674. The van der Waals surface area contributed by atoms with E-state index in [4.69, 9.17) is 4.74 Å². The lowest BCUT2D eigenvalue weighted by atomic mass is 10.2. The van der Waals surface area contributed by atoms with Crippen LogP contribution in [0.25, 0.3) is 0 Å². The normalized spacial score (nSPS) is 14.1. The molecule has 9 heteroatoms. The minimum atomic E-state index is -3.68. The molecule has 8 nitrogen and oxygen atoms in total. The molecule has 0 aliphatic carbocycles. The van der Waals surface area contributed by atoms with Gasteiger partial charge in [0.15, 0.2) is 0 Å². The molecule has 0 saturated carbocycles. The van der Waals surface area contributed by atoms with Crippen LogP contribution in [0.1, 0.15) is 26.7 Å². The first kappa shape index (κ1) is 22.6. The van der Waals surface area contributed by atoms with Gasteiger partial charge >= 0.3 is 0 Å². The van der Waals surface area contributed by atoms with Crippen molar-refractivity contribution in [2.24, 2.45) is 0 Å². The second-order valence-electron chi connectivity index (χ2n) is 7.67. The van der Waals surface area contributed by atoms with Gasteiger partial charge in [0.05, 0.1) is 18.0 Å². The fraction of sp³-hybridized carbons (Fsp3) is 0.364. The number of nitrogens with one attached hydrogen (secondary N) is 1. The van der Waals surface area contributed by atoms with Crippen LogP contribution in [0.2, 0.25) is 0 Å². The van der Waals surface area contributed by atoms with Gasteiger partial charge in [-0.1, -0.05) is 0 Å². The number of carbonyl (C=O) groups excluding carboxylic acids is 2. The molecule has 1 fully saturated rings. The molecule has 0 aromatic heterocycles. The number of sulfonamides is 1. The van der Waals surface area contributed by atoms with Crippen LogP contribution in [-0.4, -0.2) is 45.7 Å². The minimum absolute atomic E-state index is 0.00221. The molecule has 2 aromatic carbocycles. The summed E-state index contributed by atoms with van der Waals surface area (Å²) in [5.74, 6) is 0.233. The Labute approximate surface area is 182 Å². The molecule has 3 rings (SSSR count). The predicted molar refractivity (Wildman–Crippen MR) is 121 cm³/mol. The lowest BCUT2D eigenvalue weighted by Gasteiger charge is -2.22. The molecular weight excluding hydrogens is 418 g/mol. The average Bonchev–Trinajstić information content (AvgIpc) is 3.12. The zero-order valence-corrected chi connectivity index (χ0v) is 18.7. The van der Waals surface area contributed by atoms with E-state index in [0.29, 0.717) is 30.1 Å². The van der Waals surface area contributed by atoms with Gasteiger partial charge in [0.1, 0.15) is 12.3 Å². The second kappa shape index (κ2) is 9.38. The molecule has 0 spiro atoms. The maximum atomic E-state index is 12.5. The van der Waals surface area contributed by atoms with Crippen molar-refractivity contribution in [2.75, 3.05) is 33.9 Å². The predicted octanol–water partition coefficient (Wildman–Crippen LogP) is 3.01. The number of hydrogen-bond acceptors (Lipinski definition) is 5. The zero-order valence-electron chi connectivity index (χ0n) is 17.9. The zero-order chi connectivity index (χ0) is 22.6. The maximum Gasteiger partial charge on any atom is 0.245 e. The minimum Gasteiger partial charge on any atom is -0.491 e. The lowest BCUT2D eigenvalue weighted by Crippen LogP contribution is -2.37. The molecule has 31 heavy (non-hydrogen) atoms. The molecule has 0 bridgehead atoms. The highest BCUT2D eigenvalue weighted by Gasteiger charge is 2.23. The Morgan fingerprint density at radius 1 is 1.13 bits per heavy atom. The molecule has 166 valence electrons. The van der Waals surface area contributed by atoms with E-state index < -0.39 is 15.9 Å². The first-order chi connectivity index (χ1) is 14.6. The van der Waals surface area contributed by atoms with Crippen molar-refractivity contribution in [1.29, 1.82) is 0 Å². The van der Waals surface area contributed by atoms with Gasteiger partial charge in [-0.15, -0.1) is 0 Å². The molecule has 1 saturated heterocycles. The highest BCUT2D eigenvalue weighted by molar-refractivity contribution is 7.92.